The topological polar surface area (TPSA) is 43.8 Å². The van der Waals surface area contributed by atoms with Gasteiger partial charge in [-0.05, 0) is 26.8 Å². The second kappa shape index (κ2) is 3.38. The smallest absolute Gasteiger partial charge is 0.180 e. The number of aromatic nitrogens is 2. The molecular weight excluding hydrogens is 206 g/mol. The van der Waals surface area contributed by atoms with Gasteiger partial charge in [-0.2, -0.15) is 0 Å². The van der Waals surface area contributed by atoms with Crippen molar-refractivity contribution >= 4 is 16.5 Å². The third-order valence-electron chi connectivity index (χ3n) is 2.29. The molecule has 2 aromatic heterocycles. The lowest BCUT2D eigenvalue weighted by Gasteiger charge is -2.20. The van der Waals surface area contributed by atoms with Crippen LogP contribution in [0.5, 0.6) is 0 Å². The van der Waals surface area contributed by atoms with Crippen molar-refractivity contribution in [3.8, 4) is 11.3 Å². The third kappa shape index (κ3) is 2.04. The van der Waals surface area contributed by atoms with E-state index < -0.39 is 0 Å². The van der Waals surface area contributed by atoms with E-state index in [4.69, 9.17) is 5.73 Å². The highest BCUT2D eigenvalue weighted by atomic mass is 32.1. The minimum Gasteiger partial charge on any atom is -0.375 e. The van der Waals surface area contributed by atoms with E-state index in [1.165, 1.54) is 11.3 Å². The highest BCUT2D eigenvalue weighted by Gasteiger charge is 2.13. The van der Waals surface area contributed by atoms with Gasteiger partial charge in [-0.15, -0.1) is 11.3 Å². The predicted molar refractivity (Wildman–Crippen MR) is 64.9 cm³/mol. The van der Waals surface area contributed by atoms with Gasteiger partial charge in [0.05, 0.1) is 5.69 Å². The lowest BCUT2D eigenvalue weighted by molar-refractivity contribution is 0.398. The molecule has 80 valence electrons. The first-order chi connectivity index (χ1) is 6.97. The van der Waals surface area contributed by atoms with E-state index >= 15 is 0 Å². The number of anilines is 1. The molecular formula is C11H15N3S. The Morgan fingerprint density at radius 2 is 2.13 bits per heavy atom. The lowest BCUT2D eigenvalue weighted by atomic mass is 10.1. The van der Waals surface area contributed by atoms with Gasteiger partial charge in [-0.3, -0.25) is 0 Å². The maximum atomic E-state index is 5.61. The van der Waals surface area contributed by atoms with Crippen molar-refractivity contribution in [1.29, 1.82) is 0 Å². The fraction of sp³-hybridized carbons (Fsp3) is 0.364. The van der Waals surface area contributed by atoms with Gasteiger partial charge in [0.2, 0.25) is 0 Å². The molecule has 0 bridgehead atoms. The number of nitrogen functional groups attached to an aromatic ring is 1. The van der Waals surface area contributed by atoms with E-state index in [1.807, 2.05) is 5.38 Å². The van der Waals surface area contributed by atoms with Crippen molar-refractivity contribution in [1.82, 2.24) is 9.55 Å². The summed E-state index contributed by atoms with van der Waals surface area (Å²) in [4.78, 5) is 4.26. The number of nitrogens with zero attached hydrogens (tertiary/aromatic N) is 2. The van der Waals surface area contributed by atoms with Crippen LogP contribution in [0, 0.1) is 0 Å². The van der Waals surface area contributed by atoms with E-state index in [1.54, 1.807) is 0 Å². The molecule has 0 aromatic carbocycles. The van der Waals surface area contributed by atoms with Crippen LogP contribution < -0.4 is 5.73 Å². The number of hydrogen-bond acceptors (Lipinski definition) is 3. The average molecular weight is 221 g/mol. The van der Waals surface area contributed by atoms with Crippen LogP contribution in [0.25, 0.3) is 11.3 Å². The van der Waals surface area contributed by atoms with Gasteiger partial charge in [-0.25, -0.2) is 4.98 Å². The molecule has 0 radical (unpaired) electrons. The molecule has 0 aliphatic carbocycles. The predicted octanol–water partition coefficient (Wildman–Crippen LogP) is 2.95. The number of rotatable bonds is 1. The summed E-state index contributed by atoms with van der Waals surface area (Å²) in [6, 6.07) is 2.07. The van der Waals surface area contributed by atoms with Gasteiger partial charge >= 0.3 is 0 Å². The SMILES string of the molecule is CC(C)(C)n1ccc(-c2csc(N)n2)c1. The van der Waals surface area contributed by atoms with Crippen LogP contribution in [0.3, 0.4) is 0 Å². The second-order valence-electron chi connectivity index (χ2n) is 4.55. The molecule has 3 nitrogen and oxygen atoms in total. The van der Waals surface area contributed by atoms with Crippen molar-refractivity contribution in [2.45, 2.75) is 26.3 Å². The Kier molecular flexibility index (Phi) is 2.31. The molecule has 0 saturated heterocycles. The minimum atomic E-state index is 0.111. The van der Waals surface area contributed by atoms with Crippen LogP contribution in [0.15, 0.2) is 23.8 Å². The van der Waals surface area contributed by atoms with Gasteiger partial charge in [0.25, 0.3) is 0 Å². The maximum Gasteiger partial charge on any atom is 0.180 e. The molecule has 0 unspecified atom stereocenters. The van der Waals surface area contributed by atoms with Gasteiger partial charge in [-0.1, -0.05) is 0 Å². The fourth-order valence-corrected chi connectivity index (χ4v) is 1.96. The highest BCUT2D eigenvalue weighted by molar-refractivity contribution is 7.13. The summed E-state index contributed by atoms with van der Waals surface area (Å²) in [7, 11) is 0. The van der Waals surface area contributed by atoms with Gasteiger partial charge in [0, 0.05) is 28.9 Å². The molecule has 0 saturated carbocycles. The molecule has 0 amide bonds. The molecule has 0 aliphatic rings. The van der Waals surface area contributed by atoms with Crippen molar-refractivity contribution < 1.29 is 0 Å². The first-order valence-corrected chi connectivity index (χ1v) is 5.74. The van der Waals surface area contributed by atoms with Crippen LogP contribution in [0.1, 0.15) is 20.8 Å². The van der Waals surface area contributed by atoms with Crippen molar-refractivity contribution in [3.05, 3.63) is 23.8 Å². The summed E-state index contributed by atoms with van der Waals surface area (Å²) in [6.07, 6.45) is 4.18. The molecule has 0 atom stereocenters. The Bertz CT molecular complexity index is 462. The number of nitrogens with two attached hydrogens (primary N) is 1. The molecule has 0 spiro atoms. The monoisotopic (exact) mass is 221 g/mol. The summed E-state index contributed by atoms with van der Waals surface area (Å²) >= 11 is 1.47. The van der Waals surface area contributed by atoms with Crippen LogP contribution in [-0.4, -0.2) is 9.55 Å². The lowest BCUT2D eigenvalue weighted by Crippen LogP contribution is -2.19. The molecule has 15 heavy (non-hydrogen) atoms. The molecule has 2 N–H and O–H groups in total. The Hall–Kier alpha value is -1.29. The van der Waals surface area contributed by atoms with Crippen LogP contribution in [-0.2, 0) is 5.54 Å². The summed E-state index contributed by atoms with van der Waals surface area (Å²) in [5, 5.41) is 2.60. The van der Waals surface area contributed by atoms with Crippen molar-refractivity contribution in [2.75, 3.05) is 5.73 Å². The Balaban J connectivity index is 2.36. The zero-order valence-electron chi connectivity index (χ0n) is 9.19. The average Bonchev–Trinajstić information content (AvgIpc) is 2.69. The minimum absolute atomic E-state index is 0.111. The van der Waals surface area contributed by atoms with Crippen LogP contribution >= 0.6 is 11.3 Å². The first-order valence-electron chi connectivity index (χ1n) is 4.87. The van der Waals surface area contributed by atoms with Gasteiger partial charge < -0.3 is 10.3 Å². The largest absolute Gasteiger partial charge is 0.375 e. The fourth-order valence-electron chi connectivity index (χ4n) is 1.39. The summed E-state index contributed by atoms with van der Waals surface area (Å²) in [5.74, 6) is 0. The molecule has 0 fully saturated rings. The summed E-state index contributed by atoms with van der Waals surface area (Å²) < 4.78 is 2.18. The molecule has 2 rings (SSSR count). The van der Waals surface area contributed by atoms with E-state index in [0.717, 1.165) is 11.3 Å². The van der Waals surface area contributed by atoms with E-state index in [9.17, 15) is 0 Å². The summed E-state index contributed by atoms with van der Waals surface area (Å²) in [6.45, 7) is 6.52. The van der Waals surface area contributed by atoms with Crippen molar-refractivity contribution in [3.63, 3.8) is 0 Å². The second-order valence-corrected chi connectivity index (χ2v) is 5.44. The van der Waals surface area contributed by atoms with Crippen molar-refractivity contribution in [2.24, 2.45) is 0 Å². The van der Waals surface area contributed by atoms with Crippen LogP contribution in [0.4, 0.5) is 5.13 Å². The maximum absolute atomic E-state index is 5.61. The van der Waals surface area contributed by atoms with E-state index in [-0.39, 0.29) is 5.54 Å². The van der Waals surface area contributed by atoms with Gasteiger partial charge in [0.1, 0.15) is 0 Å². The zero-order valence-corrected chi connectivity index (χ0v) is 10.0. The molecule has 2 aromatic rings. The molecule has 2 heterocycles. The standard InChI is InChI=1S/C11H15N3S/c1-11(2,3)14-5-4-8(6-14)9-7-15-10(12)13-9/h4-7H,1-3H3,(H2,12,13). The Morgan fingerprint density at radius 1 is 1.40 bits per heavy atom. The Morgan fingerprint density at radius 3 is 2.60 bits per heavy atom. The van der Waals surface area contributed by atoms with Crippen LogP contribution in [0.2, 0.25) is 0 Å². The number of hydrogen-bond donors (Lipinski definition) is 1. The van der Waals surface area contributed by atoms with Gasteiger partial charge in [0.15, 0.2) is 5.13 Å². The normalized spacial score (nSPS) is 11.9. The highest BCUT2D eigenvalue weighted by Crippen LogP contribution is 2.25. The Labute approximate surface area is 93.6 Å². The zero-order chi connectivity index (χ0) is 11.1. The van der Waals surface area contributed by atoms with E-state index in [0.29, 0.717) is 5.13 Å². The number of thiazole rings is 1. The molecule has 4 heteroatoms. The first kappa shape index (κ1) is 10.2. The third-order valence-corrected chi connectivity index (χ3v) is 2.96. The summed E-state index contributed by atoms with van der Waals surface area (Å²) in [5.41, 5.74) is 7.80. The van der Waals surface area contributed by atoms with E-state index in [2.05, 4.69) is 48.8 Å². The quantitative estimate of drug-likeness (QED) is 0.804. The molecule has 0 aliphatic heterocycles.